The van der Waals surface area contributed by atoms with Crippen molar-refractivity contribution in [1.29, 1.82) is 0 Å². The molecular formula is C17H22Cl2N2. The number of hydrogen-bond donors (Lipinski definition) is 0. The van der Waals surface area contributed by atoms with Crippen LogP contribution in [0.15, 0.2) is 18.2 Å². The van der Waals surface area contributed by atoms with E-state index in [1.54, 1.807) is 0 Å². The fraction of sp³-hybridized carbons (Fsp3) is 0.588. The summed E-state index contributed by atoms with van der Waals surface area (Å²) in [5.74, 6) is 3.13. The van der Waals surface area contributed by atoms with Gasteiger partial charge >= 0.3 is 0 Å². The van der Waals surface area contributed by atoms with Crippen molar-refractivity contribution in [3.63, 3.8) is 0 Å². The molecule has 114 valence electrons. The van der Waals surface area contributed by atoms with Crippen LogP contribution in [0.2, 0.25) is 5.02 Å². The lowest BCUT2D eigenvalue weighted by Crippen LogP contribution is -2.16. The average Bonchev–Trinajstić information content (AvgIpc) is 2.82. The molecule has 2 unspecified atom stereocenters. The number of hydrogen-bond acceptors (Lipinski definition) is 1. The van der Waals surface area contributed by atoms with Crippen molar-refractivity contribution in [2.75, 3.05) is 0 Å². The minimum atomic E-state index is 0.452. The van der Waals surface area contributed by atoms with E-state index in [-0.39, 0.29) is 0 Å². The maximum atomic E-state index is 6.14. The quantitative estimate of drug-likeness (QED) is 0.665. The van der Waals surface area contributed by atoms with Crippen LogP contribution in [0.5, 0.6) is 0 Å². The molecule has 1 heterocycles. The molecule has 0 radical (unpaired) electrons. The Kier molecular flexibility index (Phi) is 4.75. The van der Waals surface area contributed by atoms with Crippen molar-refractivity contribution < 1.29 is 0 Å². The Bertz CT molecular complexity index is 621. The molecule has 0 amide bonds. The minimum Gasteiger partial charge on any atom is -0.327 e. The van der Waals surface area contributed by atoms with Crippen LogP contribution in [0, 0.1) is 11.8 Å². The van der Waals surface area contributed by atoms with Gasteiger partial charge in [0.2, 0.25) is 0 Å². The highest BCUT2D eigenvalue weighted by atomic mass is 35.5. The first-order valence-electron chi connectivity index (χ1n) is 7.88. The van der Waals surface area contributed by atoms with Gasteiger partial charge in [-0.15, -0.1) is 11.6 Å². The number of nitrogens with zero attached hydrogens (tertiary/aromatic N) is 2. The number of fused-ring (bicyclic) bond motifs is 1. The topological polar surface area (TPSA) is 17.8 Å². The molecule has 2 nitrogen and oxygen atoms in total. The summed E-state index contributed by atoms with van der Waals surface area (Å²) in [5, 5.41) is 0.760. The van der Waals surface area contributed by atoms with Gasteiger partial charge in [0.05, 0.1) is 16.9 Å². The molecule has 1 aromatic heterocycles. The Hall–Kier alpha value is -0.730. The van der Waals surface area contributed by atoms with E-state index in [4.69, 9.17) is 23.2 Å². The first kappa shape index (κ1) is 15.2. The Morgan fingerprint density at radius 3 is 2.95 bits per heavy atom. The molecule has 1 aliphatic carbocycles. The number of alkyl halides is 1. The van der Waals surface area contributed by atoms with E-state index < -0.39 is 0 Å². The average molecular weight is 325 g/mol. The van der Waals surface area contributed by atoms with Crippen LogP contribution in [0.3, 0.4) is 0 Å². The maximum absolute atomic E-state index is 6.14. The van der Waals surface area contributed by atoms with E-state index in [0.29, 0.717) is 5.88 Å². The lowest BCUT2D eigenvalue weighted by atomic mass is 9.81. The smallest absolute Gasteiger partial charge is 0.124 e. The van der Waals surface area contributed by atoms with E-state index in [0.717, 1.165) is 40.3 Å². The molecule has 1 fully saturated rings. The second-order valence-corrected chi connectivity index (χ2v) is 7.08. The summed E-state index contributed by atoms with van der Waals surface area (Å²) >= 11 is 12.2. The van der Waals surface area contributed by atoms with Crippen molar-refractivity contribution in [3.05, 3.63) is 29.0 Å². The van der Waals surface area contributed by atoms with Crippen LogP contribution in [0.4, 0.5) is 0 Å². The normalized spacial score (nSPS) is 22.8. The van der Waals surface area contributed by atoms with Gasteiger partial charge in [-0.2, -0.15) is 0 Å². The third kappa shape index (κ3) is 3.37. The monoisotopic (exact) mass is 324 g/mol. The molecule has 0 spiro atoms. The Labute approximate surface area is 136 Å². The number of benzene rings is 1. The van der Waals surface area contributed by atoms with Crippen LogP contribution in [0.25, 0.3) is 11.0 Å². The predicted molar refractivity (Wildman–Crippen MR) is 90.0 cm³/mol. The SMILES string of the molecule is CC1CCCC(CCn2c(CCl)nc3ccc(Cl)cc32)C1. The first-order valence-corrected chi connectivity index (χ1v) is 8.79. The molecule has 1 aliphatic rings. The van der Waals surface area contributed by atoms with Gasteiger partial charge in [-0.3, -0.25) is 0 Å². The second kappa shape index (κ2) is 6.58. The highest BCUT2D eigenvalue weighted by molar-refractivity contribution is 6.31. The summed E-state index contributed by atoms with van der Waals surface area (Å²) in [7, 11) is 0. The van der Waals surface area contributed by atoms with Crippen molar-refractivity contribution in [2.24, 2.45) is 11.8 Å². The highest BCUT2D eigenvalue weighted by Gasteiger charge is 2.19. The lowest BCUT2D eigenvalue weighted by molar-refractivity contribution is 0.261. The molecule has 0 bridgehead atoms. The maximum Gasteiger partial charge on any atom is 0.124 e. The van der Waals surface area contributed by atoms with E-state index in [9.17, 15) is 0 Å². The summed E-state index contributed by atoms with van der Waals surface area (Å²) in [6.07, 6.45) is 6.72. The molecule has 3 rings (SSSR count). The number of imidazole rings is 1. The third-order valence-electron chi connectivity index (χ3n) is 4.71. The number of halogens is 2. The van der Waals surface area contributed by atoms with Crippen molar-refractivity contribution in [1.82, 2.24) is 9.55 Å². The van der Waals surface area contributed by atoms with Gasteiger partial charge in [0, 0.05) is 11.6 Å². The summed E-state index contributed by atoms with van der Waals surface area (Å²) < 4.78 is 2.26. The fourth-order valence-corrected chi connectivity index (χ4v) is 4.00. The van der Waals surface area contributed by atoms with Crippen LogP contribution in [-0.4, -0.2) is 9.55 Å². The zero-order valence-electron chi connectivity index (χ0n) is 12.5. The summed E-state index contributed by atoms with van der Waals surface area (Å²) in [6.45, 7) is 3.37. The van der Waals surface area contributed by atoms with Gasteiger partial charge < -0.3 is 4.57 Å². The van der Waals surface area contributed by atoms with Crippen LogP contribution in [0.1, 0.15) is 44.9 Å². The molecule has 0 aliphatic heterocycles. The van der Waals surface area contributed by atoms with Crippen LogP contribution >= 0.6 is 23.2 Å². The number of aryl methyl sites for hydroxylation is 1. The molecule has 0 N–H and O–H groups in total. The standard InChI is InChI=1S/C17H22Cl2N2/c1-12-3-2-4-13(9-12)7-8-21-16-10-14(19)5-6-15(16)20-17(21)11-18/h5-6,10,12-13H,2-4,7-9,11H2,1H3. The summed E-state index contributed by atoms with van der Waals surface area (Å²) in [4.78, 5) is 4.62. The molecule has 1 aromatic carbocycles. The van der Waals surface area contributed by atoms with E-state index in [1.807, 2.05) is 18.2 Å². The van der Waals surface area contributed by atoms with Crippen molar-refractivity contribution in [2.45, 2.75) is 51.5 Å². The molecule has 4 heteroatoms. The van der Waals surface area contributed by atoms with Gasteiger partial charge in [-0.05, 0) is 42.9 Å². The zero-order chi connectivity index (χ0) is 14.8. The van der Waals surface area contributed by atoms with E-state index in [1.165, 1.54) is 32.1 Å². The molecule has 2 aromatic rings. The van der Waals surface area contributed by atoms with Crippen molar-refractivity contribution in [3.8, 4) is 0 Å². The molecule has 1 saturated carbocycles. The summed E-state index contributed by atoms with van der Waals surface area (Å²) in [6, 6.07) is 5.87. The largest absolute Gasteiger partial charge is 0.327 e. The Morgan fingerprint density at radius 2 is 2.19 bits per heavy atom. The van der Waals surface area contributed by atoms with E-state index >= 15 is 0 Å². The van der Waals surface area contributed by atoms with Gasteiger partial charge in [0.1, 0.15) is 5.82 Å². The van der Waals surface area contributed by atoms with Gasteiger partial charge in [0.15, 0.2) is 0 Å². The number of aromatic nitrogens is 2. The Balaban J connectivity index is 1.80. The van der Waals surface area contributed by atoms with Gasteiger partial charge in [-0.25, -0.2) is 4.98 Å². The second-order valence-electron chi connectivity index (χ2n) is 6.37. The first-order chi connectivity index (χ1) is 10.2. The van der Waals surface area contributed by atoms with Crippen LogP contribution in [-0.2, 0) is 12.4 Å². The number of rotatable bonds is 4. The van der Waals surface area contributed by atoms with Crippen molar-refractivity contribution >= 4 is 34.2 Å². The lowest BCUT2D eigenvalue weighted by Gasteiger charge is -2.27. The van der Waals surface area contributed by atoms with Gasteiger partial charge in [-0.1, -0.05) is 37.8 Å². The molecule has 21 heavy (non-hydrogen) atoms. The highest BCUT2D eigenvalue weighted by Crippen LogP contribution is 2.32. The molecule has 2 atom stereocenters. The van der Waals surface area contributed by atoms with E-state index in [2.05, 4.69) is 16.5 Å². The predicted octanol–water partition coefficient (Wildman–Crippen LogP) is 5.64. The van der Waals surface area contributed by atoms with Crippen LogP contribution < -0.4 is 0 Å². The zero-order valence-corrected chi connectivity index (χ0v) is 14.0. The van der Waals surface area contributed by atoms with Gasteiger partial charge in [0.25, 0.3) is 0 Å². The fourth-order valence-electron chi connectivity index (χ4n) is 3.63. The molecule has 0 saturated heterocycles. The minimum absolute atomic E-state index is 0.452. The Morgan fingerprint density at radius 1 is 1.33 bits per heavy atom. The summed E-state index contributed by atoms with van der Waals surface area (Å²) in [5.41, 5.74) is 2.11. The third-order valence-corrected chi connectivity index (χ3v) is 5.19. The molecular weight excluding hydrogens is 303 g/mol.